The second-order valence-electron chi connectivity index (χ2n) is 5.88. The van der Waals surface area contributed by atoms with Crippen LogP contribution in [0, 0.1) is 0 Å². The normalized spacial score (nSPS) is 13.4. The van der Waals surface area contributed by atoms with E-state index in [0.29, 0.717) is 34.5 Å². The van der Waals surface area contributed by atoms with Crippen molar-refractivity contribution in [2.24, 2.45) is 0 Å². The third-order valence-corrected chi connectivity index (χ3v) is 4.66. The van der Waals surface area contributed by atoms with Crippen molar-refractivity contribution in [2.75, 3.05) is 13.7 Å². The van der Waals surface area contributed by atoms with Gasteiger partial charge in [0.2, 0.25) is 5.88 Å². The number of nitrogens with zero attached hydrogens (tertiary/aromatic N) is 3. The van der Waals surface area contributed by atoms with Gasteiger partial charge < -0.3 is 4.74 Å². The molecule has 0 radical (unpaired) electrons. The van der Waals surface area contributed by atoms with Crippen molar-refractivity contribution in [1.29, 1.82) is 0 Å². The number of halogens is 1. The average molecular weight is 368 g/mol. The molecular weight excluding hydrogens is 354 g/mol. The Labute approximate surface area is 154 Å². The maximum Gasteiger partial charge on any atom is 0.261 e. The van der Waals surface area contributed by atoms with E-state index in [-0.39, 0.29) is 23.5 Å². The Balaban J connectivity index is 1.60. The molecule has 7 heteroatoms. The summed E-state index contributed by atoms with van der Waals surface area (Å²) in [5.41, 5.74) is 1.57. The first-order valence-electron chi connectivity index (χ1n) is 8.03. The summed E-state index contributed by atoms with van der Waals surface area (Å²) < 4.78 is 5.22. The van der Waals surface area contributed by atoms with E-state index in [1.807, 2.05) is 12.1 Å². The minimum absolute atomic E-state index is 0.239. The zero-order valence-electron chi connectivity index (χ0n) is 13.9. The van der Waals surface area contributed by atoms with Crippen molar-refractivity contribution in [2.45, 2.75) is 6.42 Å². The van der Waals surface area contributed by atoms with Crippen molar-refractivity contribution in [3.63, 3.8) is 0 Å². The number of aromatic nitrogens is 2. The summed E-state index contributed by atoms with van der Waals surface area (Å²) in [6.45, 7) is 0.239. The third-order valence-electron chi connectivity index (χ3n) is 4.38. The van der Waals surface area contributed by atoms with Crippen LogP contribution in [0.25, 0.3) is 10.8 Å². The quantitative estimate of drug-likeness (QED) is 0.523. The molecular formula is C19H14ClN3O3. The molecule has 0 bridgehead atoms. The number of methoxy groups -OCH3 is 1. The predicted octanol–water partition coefficient (Wildman–Crippen LogP) is 3.13. The number of benzene rings is 1. The first kappa shape index (κ1) is 16.5. The fourth-order valence-corrected chi connectivity index (χ4v) is 3.43. The van der Waals surface area contributed by atoms with Crippen LogP contribution in [0.1, 0.15) is 26.4 Å². The molecule has 0 spiro atoms. The smallest absolute Gasteiger partial charge is 0.261 e. The Bertz CT molecular complexity index is 1020. The van der Waals surface area contributed by atoms with Crippen LogP contribution in [-0.4, -0.2) is 40.3 Å². The third kappa shape index (κ3) is 2.59. The lowest BCUT2D eigenvalue weighted by molar-refractivity contribution is 0.0656. The maximum absolute atomic E-state index is 12.4. The molecule has 0 aliphatic carbocycles. The second kappa shape index (κ2) is 6.38. The fraction of sp³-hybridized carbons (Fsp3) is 0.158. The molecule has 2 aromatic heterocycles. The average Bonchev–Trinajstić information content (AvgIpc) is 2.90. The number of amides is 2. The molecule has 3 aromatic rings. The van der Waals surface area contributed by atoms with Crippen LogP contribution < -0.4 is 4.74 Å². The fourth-order valence-electron chi connectivity index (χ4n) is 3.13. The molecule has 130 valence electrons. The van der Waals surface area contributed by atoms with E-state index in [2.05, 4.69) is 9.97 Å². The molecule has 1 aliphatic heterocycles. The zero-order chi connectivity index (χ0) is 18.3. The molecule has 0 saturated carbocycles. The first-order chi connectivity index (χ1) is 12.6. The molecule has 4 rings (SSSR count). The van der Waals surface area contributed by atoms with E-state index in [0.717, 1.165) is 5.39 Å². The minimum atomic E-state index is -0.275. The van der Waals surface area contributed by atoms with Crippen LogP contribution in [0.3, 0.4) is 0 Å². The number of rotatable bonds is 4. The van der Waals surface area contributed by atoms with Crippen LogP contribution in [-0.2, 0) is 6.42 Å². The largest absolute Gasteiger partial charge is 0.480 e. The Morgan fingerprint density at radius 1 is 1.12 bits per heavy atom. The first-order valence-corrected chi connectivity index (χ1v) is 8.41. The van der Waals surface area contributed by atoms with Crippen molar-refractivity contribution in [3.05, 3.63) is 64.6 Å². The minimum Gasteiger partial charge on any atom is -0.480 e. The van der Waals surface area contributed by atoms with Gasteiger partial charge in [0.1, 0.15) is 5.15 Å². The maximum atomic E-state index is 12.4. The summed E-state index contributed by atoms with van der Waals surface area (Å²) in [4.78, 5) is 34.6. The summed E-state index contributed by atoms with van der Waals surface area (Å²) >= 11 is 6.29. The highest BCUT2D eigenvalue weighted by Gasteiger charge is 2.34. The molecule has 2 amide bonds. The van der Waals surface area contributed by atoms with Crippen LogP contribution in [0.15, 0.2) is 42.6 Å². The van der Waals surface area contributed by atoms with Gasteiger partial charge in [-0.25, -0.2) is 9.97 Å². The van der Waals surface area contributed by atoms with E-state index in [9.17, 15) is 9.59 Å². The lowest BCUT2D eigenvalue weighted by Crippen LogP contribution is -2.31. The number of hydrogen-bond donors (Lipinski definition) is 0. The summed E-state index contributed by atoms with van der Waals surface area (Å²) in [5, 5.41) is 1.76. The number of carbonyl (C=O) groups is 2. The van der Waals surface area contributed by atoms with Gasteiger partial charge in [-0.15, -0.1) is 0 Å². The molecule has 0 atom stereocenters. The number of pyridine rings is 2. The number of carbonyl (C=O) groups excluding carboxylic acids is 2. The Hall–Kier alpha value is -2.99. The summed E-state index contributed by atoms with van der Waals surface area (Å²) in [5.74, 6) is -0.140. The molecule has 0 N–H and O–H groups in total. The SMILES string of the molecule is COc1nccc2cc(CCN3C(=O)c4ccccc4C3=O)nc(Cl)c12. The molecule has 0 saturated heterocycles. The Morgan fingerprint density at radius 3 is 2.46 bits per heavy atom. The van der Waals surface area contributed by atoms with Gasteiger partial charge in [-0.2, -0.15) is 0 Å². The highest BCUT2D eigenvalue weighted by Crippen LogP contribution is 2.30. The van der Waals surface area contributed by atoms with Gasteiger partial charge in [0.25, 0.3) is 11.8 Å². The van der Waals surface area contributed by atoms with Crippen molar-refractivity contribution >= 4 is 34.2 Å². The number of imide groups is 1. The molecule has 0 fully saturated rings. The topological polar surface area (TPSA) is 72.4 Å². The zero-order valence-corrected chi connectivity index (χ0v) is 14.7. The van der Waals surface area contributed by atoms with Gasteiger partial charge in [0.15, 0.2) is 0 Å². The second-order valence-corrected chi connectivity index (χ2v) is 6.24. The molecule has 1 aliphatic rings. The predicted molar refractivity (Wildman–Crippen MR) is 96.6 cm³/mol. The lowest BCUT2D eigenvalue weighted by atomic mass is 10.1. The van der Waals surface area contributed by atoms with E-state index in [4.69, 9.17) is 16.3 Å². The highest BCUT2D eigenvalue weighted by molar-refractivity contribution is 6.34. The molecule has 3 heterocycles. The van der Waals surface area contributed by atoms with Crippen molar-refractivity contribution in [3.8, 4) is 5.88 Å². The Morgan fingerprint density at radius 2 is 1.81 bits per heavy atom. The van der Waals surface area contributed by atoms with Crippen molar-refractivity contribution in [1.82, 2.24) is 14.9 Å². The number of fused-ring (bicyclic) bond motifs is 2. The molecule has 1 aromatic carbocycles. The van der Waals surface area contributed by atoms with E-state index < -0.39 is 0 Å². The van der Waals surface area contributed by atoms with Crippen LogP contribution in [0.4, 0.5) is 0 Å². The van der Waals surface area contributed by atoms with Gasteiger partial charge in [-0.3, -0.25) is 14.5 Å². The molecule has 0 unspecified atom stereocenters. The summed E-state index contributed by atoms with van der Waals surface area (Å²) in [6.07, 6.45) is 2.04. The monoisotopic (exact) mass is 367 g/mol. The van der Waals surface area contributed by atoms with Crippen molar-refractivity contribution < 1.29 is 14.3 Å². The summed E-state index contributed by atoms with van der Waals surface area (Å²) in [6, 6.07) is 10.5. The van der Waals surface area contributed by atoms with Crippen LogP contribution >= 0.6 is 11.6 Å². The van der Waals surface area contributed by atoms with Crippen LogP contribution in [0.2, 0.25) is 5.15 Å². The summed E-state index contributed by atoms with van der Waals surface area (Å²) in [7, 11) is 1.52. The van der Waals surface area contributed by atoms with Crippen LogP contribution in [0.5, 0.6) is 5.88 Å². The van der Waals surface area contributed by atoms with Gasteiger partial charge in [-0.1, -0.05) is 23.7 Å². The van der Waals surface area contributed by atoms with E-state index in [1.54, 1.807) is 30.5 Å². The van der Waals surface area contributed by atoms with Gasteiger partial charge in [0, 0.05) is 24.9 Å². The lowest BCUT2D eigenvalue weighted by Gasteiger charge is -2.14. The highest BCUT2D eigenvalue weighted by atomic mass is 35.5. The standard InChI is InChI=1S/C19H14ClN3O3/c1-26-17-15-11(6-8-21-17)10-12(22-16(15)20)7-9-23-18(24)13-4-2-3-5-14(13)19(23)25/h2-6,8,10H,7,9H2,1H3. The molecule has 26 heavy (non-hydrogen) atoms. The van der Waals surface area contributed by atoms with E-state index in [1.165, 1.54) is 12.0 Å². The number of ether oxygens (including phenoxy) is 1. The van der Waals surface area contributed by atoms with Gasteiger partial charge in [0.05, 0.1) is 23.6 Å². The van der Waals surface area contributed by atoms with E-state index >= 15 is 0 Å². The van der Waals surface area contributed by atoms with Gasteiger partial charge >= 0.3 is 0 Å². The van der Waals surface area contributed by atoms with Gasteiger partial charge in [-0.05, 0) is 29.7 Å². The molecule has 6 nitrogen and oxygen atoms in total. The number of hydrogen-bond acceptors (Lipinski definition) is 5. The Kier molecular flexibility index (Phi) is 4.05.